The maximum absolute atomic E-state index is 3.32. The summed E-state index contributed by atoms with van der Waals surface area (Å²) in [6.45, 7) is 8.22. The molecule has 2 heterocycles. The summed E-state index contributed by atoms with van der Waals surface area (Å²) in [4.78, 5) is 0. The van der Waals surface area contributed by atoms with Gasteiger partial charge in [-0.2, -0.15) is 0 Å². The van der Waals surface area contributed by atoms with Crippen LogP contribution in [-0.4, -0.2) is 25.7 Å². The Hall–Kier alpha value is -0.0800. The highest BCUT2D eigenvalue weighted by atomic mass is 14.9. The molecule has 0 saturated carbocycles. The Labute approximate surface area is 76.1 Å². The third-order valence-corrected chi connectivity index (χ3v) is 2.61. The molecule has 2 nitrogen and oxygen atoms in total. The van der Waals surface area contributed by atoms with Crippen molar-refractivity contribution >= 4 is 0 Å². The van der Waals surface area contributed by atoms with E-state index < -0.39 is 0 Å². The fourth-order valence-corrected chi connectivity index (χ4v) is 1.66. The SMILES string of the molecule is CC1CCCN1.CC1CCNC1. The number of hydrogen-bond acceptors (Lipinski definition) is 2. The van der Waals surface area contributed by atoms with Crippen LogP contribution < -0.4 is 10.6 Å². The van der Waals surface area contributed by atoms with Crippen molar-refractivity contribution in [3.05, 3.63) is 0 Å². The van der Waals surface area contributed by atoms with Crippen LogP contribution in [0.4, 0.5) is 0 Å². The van der Waals surface area contributed by atoms with Crippen molar-refractivity contribution in [2.24, 2.45) is 5.92 Å². The van der Waals surface area contributed by atoms with Crippen molar-refractivity contribution in [2.45, 2.75) is 39.2 Å². The monoisotopic (exact) mass is 170 g/mol. The lowest BCUT2D eigenvalue weighted by Crippen LogP contribution is -2.16. The van der Waals surface area contributed by atoms with Gasteiger partial charge in [-0.15, -0.1) is 0 Å². The second kappa shape index (κ2) is 5.55. The molecular formula is C10H22N2. The third-order valence-electron chi connectivity index (χ3n) is 2.61. The molecular weight excluding hydrogens is 148 g/mol. The van der Waals surface area contributed by atoms with Gasteiger partial charge in [0.1, 0.15) is 0 Å². The lowest BCUT2D eigenvalue weighted by molar-refractivity contribution is 0.651. The van der Waals surface area contributed by atoms with Gasteiger partial charge in [-0.05, 0) is 51.7 Å². The Kier molecular flexibility index (Phi) is 4.62. The molecule has 2 rings (SSSR count). The quantitative estimate of drug-likeness (QED) is 0.574. The Bertz CT molecular complexity index is 88.4. The highest BCUT2D eigenvalue weighted by Gasteiger charge is 2.06. The highest BCUT2D eigenvalue weighted by Crippen LogP contribution is 2.03. The molecule has 0 aromatic rings. The highest BCUT2D eigenvalue weighted by molar-refractivity contribution is 4.67. The zero-order valence-corrected chi connectivity index (χ0v) is 8.40. The van der Waals surface area contributed by atoms with Gasteiger partial charge in [0.15, 0.2) is 0 Å². The molecule has 2 unspecified atom stereocenters. The van der Waals surface area contributed by atoms with Gasteiger partial charge < -0.3 is 10.6 Å². The molecule has 2 heteroatoms. The Morgan fingerprint density at radius 2 is 1.92 bits per heavy atom. The molecule has 2 fully saturated rings. The van der Waals surface area contributed by atoms with E-state index in [0.717, 1.165) is 12.0 Å². The molecule has 2 N–H and O–H groups in total. The molecule has 0 bridgehead atoms. The van der Waals surface area contributed by atoms with E-state index >= 15 is 0 Å². The van der Waals surface area contributed by atoms with Crippen LogP contribution in [0.3, 0.4) is 0 Å². The van der Waals surface area contributed by atoms with Gasteiger partial charge in [-0.25, -0.2) is 0 Å². The van der Waals surface area contributed by atoms with Crippen LogP contribution in [0.25, 0.3) is 0 Å². The Morgan fingerprint density at radius 3 is 2.08 bits per heavy atom. The van der Waals surface area contributed by atoms with Crippen LogP contribution >= 0.6 is 0 Å². The first-order valence-corrected chi connectivity index (χ1v) is 5.23. The normalized spacial score (nSPS) is 34.5. The summed E-state index contributed by atoms with van der Waals surface area (Å²) < 4.78 is 0. The van der Waals surface area contributed by atoms with Crippen molar-refractivity contribution in [2.75, 3.05) is 19.6 Å². The summed E-state index contributed by atoms with van der Waals surface area (Å²) in [5.74, 6) is 0.935. The molecule has 0 spiro atoms. The van der Waals surface area contributed by atoms with Crippen LogP contribution in [0.1, 0.15) is 33.1 Å². The van der Waals surface area contributed by atoms with Crippen LogP contribution in [0, 0.1) is 5.92 Å². The summed E-state index contributed by atoms with van der Waals surface area (Å²) in [6, 6.07) is 0.796. The molecule has 72 valence electrons. The minimum atomic E-state index is 0.796. The summed E-state index contributed by atoms with van der Waals surface area (Å²) in [5, 5.41) is 6.59. The maximum Gasteiger partial charge on any atom is 0.00391 e. The molecule has 2 aliphatic heterocycles. The van der Waals surface area contributed by atoms with E-state index in [9.17, 15) is 0 Å². The van der Waals surface area contributed by atoms with E-state index in [1.807, 2.05) is 0 Å². The zero-order valence-electron chi connectivity index (χ0n) is 8.40. The molecule has 0 amide bonds. The van der Waals surface area contributed by atoms with Gasteiger partial charge in [-0.1, -0.05) is 6.92 Å². The van der Waals surface area contributed by atoms with Crippen LogP contribution in [0.2, 0.25) is 0 Å². The van der Waals surface area contributed by atoms with Gasteiger partial charge in [-0.3, -0.25) is 0 Å². The van der Waals surface area contributed by atoms with Crippen molar-refractivity contribution < 1.29 is 0 Å². The first-order chi connectivity index (χ1) is 5.79. The maximum atomic E-state index is 3.32. The number of rotatable bonds is 0. The first kappa shape index (κ1) is 10.0. The molecule has 2 saturated heterocycles. The predicted octanol–water partition coefficient (Wildman–Crippen LogP) is 1.37. The summed E-state index contributed by atoms with van der Waals surface area (Å²) in [6.07, 6.45) is 4.13. The second-order valence-corrected chi connectivity index (χ2v) is 4.10. The Balaban J connectivity index is 0.000000120. The van der Waals surface area contributed by atoms with E-state index in [1.165, 1.54) is 38.9 Å². The second-order valence-electron chi connectivity index (χ2n) is 4.10. The van der Waals surface area contributed by atoms with Gasteiger partial charge in [0.05, 0.1) is 0 Å². The standard InChI is InChI=1S/2C5H11N/c1-5-2-3-6-4-5;1-5-3-2-4-6-5/h2*5-6H,2-4H2,1H3. The summed E-state index contributed by atoms with van der Waals surface area (Å²) in [5.41, 5.74) is 0. The summed E-state index contributed by atoms with van der Waals surface area (Å²) in [7, 11) is 0. The van der Waals surface area contributed by atoms with Gasteiger partial charge >= 0.3 is 0 Å². The number of hydrogen-bond donors (Lipinski definition) is 2. The third kappa shape index (κ3) is 4.07. The van der Waals surface area contributed by atoms with E-state index in [4.69, 9.17) is 0 Å². The molecule has 2 atom stereocenters. The molecule has 0 aliphatic carbocycles. The molecule has 0 aromatic carbocycles. The van der Waals surface area contributed by atoms with Crippen molar-refractivity contribution in [3.8, 4) is 0 Å². The zero-order chi connectivity index (χ0) is 8.81. The van der Waals surface area contributed by atoms with Crippen LogP contribution in [0.15, 0.2) is 0 Å². The Morgan fingerprint density at radius 1 is 1.08 bits per heavy atom. The number of nitrogens with one attached hydrogen (secondary N) is 2. The topological polar surface area (TPSA) is 24.1 Å². The van der Waals surface area contributed by atoms with Crippen molar-refractivity contribution in [3.63, 3.8) is 0 Å². The minimum Gasteiger partial charge on any atom is -0.316 e. The predicted molar refractivity (Wildman–Crippen MR) is 53.3 cm³/mol. The van der Waals surface area contributed by atoms with Gasteiger partial charge in [0.2, 0.25) is 0 Å². The van der Waals surface area contributed by atoms with E-state index in [1.54, 1.807) is 0 Å². The fraction of sp³-hybridized carbons (Fsp3) is 1.00. The smallest absolute Gasteiger partial charge is 0.00391 e. The largest absolute Gasteiger partial charge is 0.316 e. The minimum absolute atomic E-state index is 0.796. The van der Waals surface area contributed by atoms with Crippen molar-refractivity contribution in [1.29, 1.82) is 0 Å². The fourth-order valence-electron chi connectivity index (χ4n) is 1.66. The van der Waals surface area contributed by atoms with Crippen LogP contribution in [-0.2, 0) is 0 Å². The average molecular weight is 170 g/mol. The van der Waals surface area contributed by atoms with E-state index in [0.29, 0.717) is 0 Å². The average Bonchev–Trinajstić information content (AvgIpc) is 2.63. The summed E-state index contributed by atoms with van der Waals surface area (Å²) >= 11 is 0. The molecule has 12 heavy (non-hydrogen) atoms. The first-order valence-electron chi connectivity index (χ1n) is 5.23. The van der Waals surface area contributed by atoms with Crippen LogP contribution in [0.5, 0.6) is 0 Å². The lowest BCUT2D eigenvalue weighted by Gasteiger charge is -1.95. The van der Waals surface area contributed by atoms with E-state index in [-0.39, 0.29) is 0 Å². The van der Waals surface area contributed by atoms with Crippen molar-refractivity contribution in [1.82, 2.24) is 10.6 Å². The molecule has 2 aliphatic rings. The molecule has 0 radical (unpaired) electrons. The lowest BCUT2D eigenvalue weighted by atomic mass is 10.2. The van der Waals surface area contributed by atoms with E-state index in [2.05, 4.69) is 24.5 Å². The van der Waals surface area contributed by atoms with Gasteiger partial charge in [0.25, 0.3) is 0 Å². The molecule has 0 aromatic heterocycles. The van der Waals surface area contributed by atoms with Gasteiger partial charge in [0, 0.05) is 6.04 Å².